The van der Waals surface area contributed by atoms with Gasteiger partial charge in [0.25, 0.3) is 0 Å². The number of anilines is 3. The first-order chi connectivity index (χ1) is 27.9. The number of carbonyl (C=O) groups excluding carboxylic acids is 2. The van der Waals surface area contributed by atoms with Crippen LogP contribution in [0.2, 0.25) is 0 Å². The van der Waals surface area contributed by atoms with Gasteiger partial charge in [0, 0.05) is 75.6 Å². The molecule has 4 heterocycles. The Labute approximate surface area is 339 Å². The van der Waals surface area contributed by atoms with Crippen LogP contribution in [-0.4, -0.2) is 114 Å². The van der Waals surface area contributed by atoms with Gasteiger partial charge in [-0.25, -0.2) is 13.4 Å². The molecule has 0 aliphatic carbocycles. The Morgan fingerprint density at radius 2 is 1.84 bits per heavy atom. The van der Waals surface area contributed by atoms with E-state index in [1.807, 2.05) is 27.0 Å². The van der Waals surface area contributed by atoms with Crippen LogP contribution in [0.4, 0.5) is 17.6 Å². The van der Waals surface area contributed by atoms with Crippen LogP contribution in [0.1, 0.15) is 74.1 Å². The molecule has 16 nitrogen and oxygen atoms in total. The molecule has 2 aromatic carbocycles. The highest BCUT2D eigenvalue weighted by Crippen LogP contribution is 2.33. The van der Waals surface area contributed by atoms with Gasteiger partial charge in [-0.1, -0.05) is 17.9 Å². The summed E-state index contributed by atoms with van der Waals surface area (Å²) in [6, 6.07) is 13.0. The number of nitriles is 1. The molecule has 4 N–H and O–H groups in total. The summed E-state index contributed by atoms with van der Waals surface area (Å²) in [4.78, 5) is 36.4. The van der Waals surface area contributed by atoms with E-state index < -0.39 is 10.0 Å². The average molecular weight is 807 g/mol. The predicted molar refractivity (Wildman–Crippen MR) is 223 cm³/mol. The maximum atomic E-state index is 13.8. The van der Waals surface area contributed by atoms with Crippen molar-refractivity contribution in [3.8, 4) is 17.9 Å². The van der Waals surface area contributed by atoms with Crippen LogP contribution >= 0.6 is 0 Å². The van der Waals surface area contributed by atoms with Crippen molar-refractivity contribution in [1.29, 1.82) is 10.7 Å². The lowest BCUT2D eigenvalue weighted by molar-refractivity contribution is -0.120. The molecular formula is C41H50N12O4S. The number of likely N-dealkylation sites (tertiary alicyclic amines) is 1. The van der Waals surface area contributed by atoms with E-state index in [1.165, 1.54) is 39.2 Å². The van der Waals surface area contributed by atoms with E-state index >= 15 is 0 Å². The maximum Gasteiger partial charge on any atom is 0.243 e. The van der Waals surface area contributed by atoms with Gasteiger partial charge >= 0.3 is 0 Å². The third-order valence-electron chi connectivity index (χ3n) is 10.6. The fourth-order valence-corrected chi connectivity index (χ4v) is 8.86. The number of fused-ring (bicyclic) bond motifs is 1. The summed E-state index contributed by atoms with van der Waals surface area (Å²) in [5.41, 5.74) is 3.41. The van der Waals surface area contributed by atoms with Gasteiger partial charge in [-0.15, -0.1) is 0 Å². The van der Waals surface area contributed by atoms with Crippen LogP contribution in [0.15, 0.2) is 47.5 Å². The van der Waals surface area contributed by atoms with Crippen LogP contribution < -0.4 is 20.9 Å². The topological polar surface area (TPSA) is 205 Å². The van der Waals surface area contributed by atoms with Gasteiger partial charge in [0.05, 0.1) is 28.1 Å². The van der Waals surface area contributed by atoms with E-state index in [0.717, 1.165) is 36.8 Å². The van der Waals surface area contributed by atoms with Crippen LogP contribution in [0.3, 0.4) is 0 Å². The van der Waals surface area contributed by atoms with Gasteiger partial charge in [0.1, 0.15) is 11.9 Å². The molecule has 58 heavy (non-hydrogen) atoms. The molecule has 2 fully saturated rings. The van der Waals surface area contributed by atoms with Crippen molar-refractivity contribution in [2.75, 3.05) is 61.8 Å². The molecule has 17 heteroatoms. The van der Waals surface area contributed by atoms with Crippen molar-refractivity contribution in [2.24, 2.45) is 7.05 Å². The molecule has 2 saturated heterocycles. The van der Waals surface area contributed by atoms with Gasteiger partial charge in [-0.3, -0.25) is 24.1 Å². The Kier molecular flexibility index (Phi) is 13.4. The number of rotatable bonds is 14. The number of sulfonamides is 1. The van der Waals surface area contributed by atoms with Crippen molar-refractivity contribution < 1.29 is 18.0 Å². The third-order valence-corrected chi connectivity index (χ3v) is 12.5. The minimum absolute atomic E-state index is 0.0247. The van der Waals surface area contributed by atoms with E-state index in [-0.39, 0.29) is 35.9 Å². The standard InChI is InChI=1S/C41H50N12O4S/c1-28(2)46-39-33(25-43)26-45-41(48-39)47-34-13-20-53(21-14-34)58(56,57)35-9-7-32(24-42)30(22-35)6-5-16-51-17-11-29(12-18-51)31-8-10-36-37(23-31)50(4)49-40(36)52(27-54)19-15-38(55)44-3/h7-10,22-23,25-29,34,43H,11-21H2,1-4H3,(H,44,55)(H2,45,46,47,48). The highest BCUT2D eigenvalue weighted by Gasteiger charge is 2.30. The minimum Gasteiger partial charge on any atom is -0.367 e. The number of nitrogens with zero attached hydrogens (tertiary/aromatic N) is 8. The smallest absolute Gasteiger partial charge is 0.243 e. The zero-order valence-electron chi connectivity index (χ0n) is 33.3. The second-order valence-corrected chi connectivity index (χ2v) is 16.8. The zero-order valence-corrected chi connectivity index (χ0v) is 34.1. The predicted octanol–water partition coefficient (Wildman–Crippen LogP) is 3.65. The lowest BCUT2D eigenvalue weighted by atomic mass is 9.89. The number of hydrogen-bond acceptors (Lipinski definition) is 12. The van der Waals surface area contributed by atoms with Crippen molar-refractivity contribution in [3.63, 3.8) is 0 Å². The maximum absolute atomic E-state index is 13.8. The number of benzene rings is 2. The van der Waals surface area contributed by atoms with Gasteiger partial charge in [-0.05, 0) is 94.4 Å². The van der Waals surface area contributed by atoms with Crippen molar-refractivity contribution >= 4 is 57.0 Å². The van der Waals surface area contributed by atoms with E-state index in [0.29, 0.717) is 79.1 Å². The second-order valence-electron chi connectivity index (χ2n) is 14.9. The Morgan fingerprint density at radius 3 is 2.52 bits per heavy atom. The summed E-state index contributed by atoms with van der Waals surface area (Å²) in [6.45, 7) is 6.97. The minimum atomic E-state index is -3.83. The average Bonchev–Trinajstić information content (AvgIpc) is 3.56. The Morgan fingerprint density at radius 1 is 1.09 bits per heavy atom. The SMILES string of the molecule is CNC(=O)CCN(C=O)c1nn(C)c2cc(C3CCN(CC#Cc4cc(S(=O)(=O)N5CCC(Nc6ncc(C=N)c(NC(C)C)n6)CC5)ccc4C#N)CC3)ccc12. The van der Waals surface area contributed by atoms with E-state index in [2.05, 4.69) is 66.0 Å². The van der Waals surface area contributed by atoms with Gasteiger partial charge in [0.2, 0.25) is 28.3 Å². The Hall–Kier alpha value is -5.88. The number of piperidine rings is 2. The fourth-order valence-electron chi connectivity index (χ4n) is 7.36. The van der Waals surface area contributed by atoms with E-state index in [4.69, 9.17) is 5.41 Å². The molecule has 4 aromatic rings. The van der Waals surface area contributed by atoms with E-state index in [9.17, 15) is 23.3 Å². The fraction of sp³-hybridized carbons (Fsp3) is 0.439. The largest absolute Gasteiger partial charge is 0.367 e. The van der Waals surface area contributed by atoms with E-state index in [1.54, 1.807) is 17.9 Å². The summed E-state index contributed by atoms with van der Waals surface area (Å²) in [5, 5.41) is 32.0. The summed E-state index contributed by atoms with van der Waals surface area (Å²) < 4.78 is 30.8. The number of hydrogen-bond donors (Lipinski definition) is 4. The summed E-state index contributed by atoms with van der Waals surface area (Å²) in [6.07, 6.45) is 6.65. The first kappa shape index (κ1) is 41.7. The molecular weight excluding hydrogens is 757 g/mol. The molecule has 2 aromatic heterocycles. The molecule has 0 unspecified atom stereocenters. The Balaban J connectivity index is 1.04. The molecule has 0 radical (unpaired) electrons. The number of nitrogens with one attached hydrogen (secondary N) is 4. The Bertz CT molecular complexity index is 2360. The monoisotopic (exact) mass is 806 g/mol. The molecule has 0 bridgehead atoms. The quantitative estimate of drug-likeness (QED) is 0.0823. The van der Waals surface area contributed by atoms with Crippen LogP contribution in [0, 0.1) is 28.6 Å². The van der Waals surface area contributed by atoms with Gasteiger partial charge in [0.15, 0.2) is 5.82 Å². The lowest BCUT2D eigenvalue weighted by Gasteiger charge is -2.31. The normalized spacial score (nSPS) is 15.7. The van der Waals surface area contributed by atoms with Crippen LogP contribution in [0.25, 0.3) is 10.9 Å². The van der Waals surface area contributed by atoms with Crippen molar-refractivity contribution in [2.45, 2.75) is 68.8 Å². The molecule has 2 aliphatic rings. The molecule has 304 valence electrons. The van der Waals surface area contributed by atoms with Crippen molar-refractivity contribution in [3.05, 3.63) is 64.8 Å². The molecule has 0 saturated carbocycles. The summed E-state index contributed by atoms with van der Waals surface area (Å²) in [7, 11) is -0.411. The summed E-state index contributed by atoms with van der Waals surface area (Å²) >= 11 is 0. The van der Waals surface area contributed by atoms with Crippen LogP contribution in [0.5, 0.6) is 0 Å². The van der Waals surface area contributed by atoms with Crippen molar-refractivity contribution in [1.82, 2.24) is 34.3 Å². The number of aromatic nitrogens is 4. The molecule has 0 atom stereocenters. The van der Waals surface area contributed by atoms with Crippen LogP contribution in [-0.2, 0) is 26.7 Å². The zero-order chi connectivity index (χ0) is 41.4. The highest BCUT2D eigenvalue weighted by atomic mass is 32.2. The first-order valence-electron chi connectivity index (χ1n) is 19.5. The number of carbonyl (C=O) groups is 2. The van der Waals surface area contributed by atoms with Gasteiger partial charge in [-0.2, -0.15) is 19.6 Å². The molecule has 0 spiro atoms. The molecule has 6 rings (SSSR count). The second kappa shape index (κ2) is 18.6. The third kappa shape index (κ3) is 9.62. The molecule has 2 aliphatic heterocycles. The molecule has 2 amide bonds. The van der Waals surface area contributed by atoms with Gasteiger partial charge < -0.3 is 21.4 Å². The first-order valence-corrected chi connectivity index (χ1v) is 20.9. The lowest BCUT2D eigenvalue weighted by Crippen LogP contribution is -2.42. The number of aryl methyl sites for hydroxylation is 1. The summed E-state index contributed by atoms with van der Waals surface area (Å²) in [5.74, 6) is 7.99. The highest BCUT2D eigenvalue weighted by molar-refractivity contribution is 7.89. The number of amides is 2.